The van der Waals surface area contributed by atoms with E-state index < -0.39 is 0 Å². The largest absolute Gasteiger partial charge is 0.383 e. The predicted molar refractivity (Wildman–Crippen MR) is 85.3 cm³/mol. The third-order valence-electron chi connectivity index (χ3n) is 4.38. The first-order valence-electron chi connectivity index (χ1n) is 7.94. The highest BCUT2D eigenvalue weighted by molar-refractivity contribution is 5.89. The van der Waals surface area contributed by atoms with Crippen molar-refractivity contribution in [2.24, 2.45) is 5.92 Å². The summed E-state index contributed by atoms with van der Waals surface area (Å²) in [6.45, 7) is 6.40. The van der Waals surface area contributed by atoms with Gasteiger partial charge in [0.25, 0.3) is 0 Å². The fraction of sp³-hybridized carbons (Fsp3) is 0.611. The lowest BCUT2D eigenvalue weighted by Gasteiger charge is -2.44. The summed E-state index contributed by atoms with van der Waals surface area (Å²) in [4.78, 5) is 15.2. The van der Waals surface area contributed by atoms with Crippen LogP contribution in [0.15, 0.2) is 30.3 Å². The van der Waals surface area contributed by atoms with Crippen LogP contribution in [-0.2, 0) is 14.9 Å². The number of amides is 1. The third kappa shape index (κ3) is 3.46. The van der Waals surface area contributed by atoms with Gasteiger partial charge in [0.2, 0.25) is 5.91 Å². The zero-order valence-electron chi connectivity index (χ0n) is 13.5. The number of methoxy groups -OCH3 is 1. The van der Waals surface area contributed by atoms with Gasteiger partial charge in [-0.2, -0.15) is 0 Å². The molecule has 3 nitrogen and oxygen atoms in total. The van der Waals surface area contributed by atoms with E-state index >= 15 is 0 Å². The van der Waals surface area contributed by atoms with E-state index in [0.717, 1.165) is 25.8 Å². The van der Waals surface area contributed by atoms with E-state index in [1.165, 1.54) is 5.56 Å². The minimum atomic E-state index is -0.288. The molecule has 0 saturated heterocycles. The van der Waals surface area contributed by atoms with Gasteiger partial charge in [0.05, 0.1) is 12.0 Å². The normalized spacial score (nSPS) is 16.6. The van der Waals surface area contributed by atoms with Crippen molar-refractivity contribution in [3.8, 4) is 0 Å². The summed E-state index contributed by atoms with van der Waals surface area (Å²) in [6.07, 6.45) is 3.08. The lowest BCUT2D eigenvalue weighted by Crippen LogP contribution is -2.52. The van der Waals surface area contributed by atoms with Gasteiger partial charge < -0.3 is 9.64 Å². The zero-order valence-corrected chi connectivity index (χ0v) is 13.5. The highest BCUT2D eigenvalue weighted by atomic mass is 16.5. The minimum absolute atomic E-state index is 0.283. The molecule has 1 aliphatic carbocycles. The molecule has 116 valence electrons. The van der Waals surface area contributed by atoms with Crippen molar-refractivity contribution in [3.63, 3.8) is 0 Å². The van der Waals surface area contributed by atoms with Crippen molar-refractivity contribution in [2.75, 3.05) is 26.8 Å². The molecule has 21 heavy (non-hydrogen) atoms. The molecule has 0 aliphatic heterocycles. The number of nitrogens with zero attached hydrogens (tertiary/aromatic N) is 1. The van der Waals surface area contributed by atoms with Gasteiger partial charge in [0.15, 0.2) is 0 Å². The molecule has 1 aromatic rings. The molecule has 0 spiro atoms. The van der Waals surface area contributed by atoms with Crippen LogP contribution in [0.1, 0.15) is 38.7 Å². The van der Waals surface area contributed by atoms with Crippen molar-refractivity contribution in [1.29, 1.82) is 0 Å². The highest BCUT2D eigenvalue weighted by Crippen LogP contribution is 2.45. The van der Waals surface area contributed by atoms with E-state index in [1.54, 1.807) is 7.11 Å². The average Bonchev–Trinajstić information content (AvgIpc) is 2.43. The first kappa shape index (κ1) is 16.0. The van der Waals surface area contributed by atoms with Gasteiger partial charge in [-0.15, -0.1) is 0 Å². The first-order chi connectivity index (χ1) is 10.1. The maximum absolute atomic E-state index is 13.2. The predicted octanol–water partition coefficient (Wildman–Crippen LogP) is 3.24. The van der Waals surface area contributed by atoms with Gasteiger partial charge in [-0.3, -0.25) is 4.79 Å². The van der Waals surface area contributed by atoms with E-state index in [-0.39, 0.29) is 11.3 Å². The molecule has 1 fully saturated rings. The van der Waals surface area contributed by atoms with E-state index in [0.29, 0.717) is 19.1 Å². The molecule has 3 heteroatoms. The van der Waals surface area contributed by atoms with Crippen molar-refractivity contribution in [1.82, 2.24) is 4.90 Å². The van der Waals surface area contributed by atoms with E-state index in [4.69, 9.17) is 4.74 Å². The van der Waals surface area contributed by atoms with E-state index in [9.17, 15) is 4.79 Å². The summed E-state index contributed by atoms with van der Waals surface area (Å²) < 4.78 is 5.18. The highest BCUT2D eigenvalue weighted by Gasteiger charge is 2.47. The number of carbonyl (C=O) groups is 1. The molecule has 1 aromatic carbocycles. The van der Waals surface area contributed by atoms with Gasteiger partial charge in [-0.05, 0) is 24.3 Å². The number of hydrogen-bond acceptors (Lipinski definition) is 2. The lowest BCUT2D eigenvalue weighted by atomic mass is 9.63. The van der Waals surface area contributed by atoms with Gasteiger partial charge in [-0.1, -0.05) is 50.6 Å². The molecule has 0 atom stereocenters. The van der Waals surface area contributed by atoms with Gasteiger partial charge >= 0.3 is 0 Å². The second-order valence-corrected chi connectivity index (χ2v) is 6.44. The monoisotopic (exact) mass is 289 g/mol. The van der Waals surface area contributed by atoms with Crippen LogP contribution in [0.2, 0.25) is 0 Å². The number of carbonyl (C=O) groups excluding carboxylic acids is 1. The smallest absolute Gasteiger partial charge is 0.233 e. The molecule has 0 heterocycles. The quantitative estimate of drug-likeness (QED) is 0.771. The Hall–Kier alpha value is -1.35. The Bertz CT molecular complexity index is 452. The van der Waals surface area contributed by atoms with Crippen LogP contribution < -0.4 is 0 Å². The Balaban J connectivity index is 2.20. The number of benzene rings is 1. The summed E-state index contributed by atoms with van der Waals surface area (Å²) in [5.41, 5.74) is 0.886. The molecule has 2 rings (SSSR count). The third-order valence-corrected chi connectivity index (χ3v) is 4.38. The van der Waals surface area contributed by atoms with Crippen LogP contribution in [0.5, 0.6) is 0 Å². The van der Waals surface area contributed by atoms with Crippen molar-refractivity contribution in [3.05, 3.63) is 35.9 Å². The summed E-state index contributed by atoms with van der Waals surface area (Å²) in [5.74, 6) is 0.754. The minimum Gasteiger partial charge on any atom is -0.383 e. The Morgan fingerprint density at radius 1 is 1.29 bits per heavy atom. The maximum atomic E-state index is 13.2. The van der Waals surface area contributed by atoms with Crippen molar-refractivity contribution >= 4 is 5.91 Å². The van der Waals surface area contributed by atoms with Crippen LogP contribution in [0.3, 0.4) is 0 Å². The number of ether oxygens (including phenoxy) is 1. The Morgan fingerprint density at radius 3 is 2.43 bits per heavy atom. The Morgan fingerprint density at radius 2 is 1.95 bits per heavy atom. The van der Waals surface area contributed by atoms with Crippen LogP contribution in [0.25, 0.3) is 0 Å². The molecule has 1 saturated carbocycles. The molecule has 0 bridgehead atoms. The van der Waals surface area contributed by atoms with Crippen LogP contribution >= 0.6 is 0 Å². The SMILES string of the molecule is COCCN(CC(C)C)C(=O)C1(c2ccccc2)CCC1. The summed E-state index contributed by atoms with van der Waals surface area (Å²) in [5, 5.41) is 0. The van der Waals surface area contributed by atoms with E-state index in [1.807, 2.05) is 23.1 Å². The van der Waals surface area contributed by atoms with Crippen molar-refractivity contribution < 1.29 is 9.53 Å². The van der Waals surface area contributed by atoms with Crippen LogP contribution in [0.4, 0.5) is 0 Å². The molecule has 0 N–H and O–H groups in total. The first-order valence-corrected chi connectivity index (χ1v) is 7.94. The number of rotatable bonds is 7. The summed E-state index contributed by atoms with van der Waals surface area (Å²) in [6, 6.07) is 10.3. The van der Waals surface area contributed by atoms with Gasteiger partial charge in [-0.25, -0.2) is 0 Å². The van der Waals surface area contributed by atoms with Gasteiger partial charge in [0.1, 0.15) is 0 Å². The zero-order chi connectivity index (χ0) is 15.3. The second-order valence-electron chi connectivity index (χ2n) is 6.44. The Labute approximate surface area is 128 Å². The lowest BCUT2D eigenvalue weighted by molar-refractivity contribution is -0.142. The van der Waals surface area contributed by atoms with Crippen LogP contribution in [0, 0.1) is 5.92 Å². The standard InChI is InChI=1S/C18H27NO2/c1-15(2)14-19(12-13-21-3)17(20)18(10-7-11-18)16-8-5-4-6-9-16/h4-6,8-9,15H,7,10-14H2,1-3H3. The maximum Gasteiger partial charge on any atom is 0.233 e. The fourth-order valence-corrected chi connectivity index (χ4v) is 3.13. The molecule has 0 radical (unpaired) electrons. The second kappa shape index (κ2) is 7.08. The molecule has 1 aliphatic rings. The average molecular weight is 289 g/mol. The number of hydrogen-bond donors (Lipinski definition) is 0. The fourth-order valence-electron chi connectivity index (χ4n) is 3.13. The summed E-state index contributed by atoms with van der Waals surface area (Å²) >= 11 is 0. The van der Waals surface area contributed by atoms with Crippen molar-refractivity contribution in [2.45, 2.75) is 38.5 Å². The molecule has 0 unspecified atom stereocenters. The molecular formula is C18H27NO2. The topological polar surface area (TPSA) is 29.5 Å². The summed E-state index contributed by atoms with van der Waals surface area (Å²) in [7, 11) is 1.69. The Kier molecular flexibility index (Phi) is 5.40. The van der Waals surface area contributed by atoms with Crippen LogP contribution in [-0.4, -0.2) is 37.6 Å². The van der Waals surface area contributed by atoms with Gasteiger partial charge in [0, 0.05) is 20.2 Å². The molecular weight excluding hydrogens is 262 g/mol. The molecule has 0 aromatic heterocycles. The van der Waals surface area contributed by atoms with E-state index in [2.05, 4.69) is 26.0 Å². The molecule has 1 amide bonds.